The van der Waals surface area contributed by atoms with Gasteiger partial charge in [-0.2, -0.15) is 0 Å². The van der Waals surface area contributed by atoms with Crippen molar-refractivity contribution in [3.63, 3.8) is 0 Å². The van der Waals surface area contributed by atoms with Crippen LogP contribution in [-0.2, 0) is 9.53 Å². The minimum Gasteiger partial charge on any atom is -0.431 e. The second kappa shape index (κ2) is 6.78. The molecular weight excluding hydrogens is 204 g/mol. The summed E-state index contributed by atoms with van der Waals surface area (Å²) in [5.41, 5.74) is 1.38. The lowest BCUT2D eigenvalue weighted by Gasteiger charge is -1.96. The predicted molar refractivity (Wildman–Crippen MR) is 67.7 cm³/mol. The normalized spacial score (nSPS) is 9.40. The number of esters is 1. The Balaban J connectivity index is 0.00000196. The fraction of sp³-hybridized carbons (Fsp3) is 0.0833. The lowest BCUT2D eigenvalue weighted by atomic mass is 10.2. The van der Waals surface area contributed by atoms with Gasteiger partial charge in [-0.3, -0.25) is 0 Å². The molecule has 0 N–H and O–H groups in total. The van der Waals surface area contributed by atoms with Gasteiger partial charge in [0.05, 0.1) is 6.26 Å². The van der Waals surface area contributed by atoms with E-state index >= 15 is 0 Å². The highest BCUT2D eigenvalue weighted by Crippen LogP contribution is 2.01. The van der Waals surface area contributed by atoms with Gasteiger partial charge in [-0.1, -0.05) is 36.9 Å². The predicted octanol–water partition coefficient (Wildman–Crippen LogP) is 1.33. The smallest absolute Gasteiger partial charge is 0.337 e. The highest BCUT2D eigenvalue weighted by molar-refractivity contribution is 5.87. The molecule has 0 bridgehead atoms. The lowest BCUT2D eigenvalue weighted by molar-refractivity contribution is -0.133. The minimum absolute atomic E-state index is 0. The third-order valence-corrected chi connectivity index (χ3v) is 1.58. The second-order valence-electron chi connectivity index (χ2n) is 2.90. The van der Waals surface area contributed by atoms with Crippen molar-refractivity contribution in [1.82, 2.24) is 0 Å². The van der Waals surface area contributed by atoms with Gasteiger partial charge in [-0.05, 0) is 29.5 Å². The molecule has 3 heteroatoms. The lowest BCUT2D eigenvalue weighted by Crippen LogP contribution is -1.98. The van der Waals surface area contributed by atoms with Crippen molar-refractivity contribution < 1.29 is 9.53 Å². The summed E-state index contributed by atoms with van der Waals surface area (Å²) in [6.45, 7) is 5.08. The molecule has 0 aromatic heterocycles. The van der Waals surface area contributed by atoms with Crippen LogP contribution in [0.25, 0.3) is 6.08 Å². The molecule has 0 aliphatic heterocycles. The molecule has 0 saturated carbocycles. The monoisotopic (exact) mass is 220 g/mol. The van der Waals surface area contributed by atoms with E-state index in [4.69, 9.17) is 4.74 Å². The molecule has 0 radical (unpaired) electrons. The summed E-state index contributed by atoms with van der Waals surface area (Å²) in [4.78, 5) is 11.0. The maximum atomic E-state index is 11.0. The molecule has 1 rings (SSSR count). The van der Waals surface area contributed by atoms with Crippen molar-refractivity contribution in [2.24, 2.45) is 0 Å². The van der Waals surface area contributed by atoms with Gasteiger partial charge in [0.1, 0.15) is 0 Å². The van der Waals surface area contributed by atoms with Crippen LogP contribution in [-0.4, -0.2) is 16.9 Å². The second-order valence-corrected chi connectivity index (χ2v) is 2.90. The van der Waals surface area contributed by atoms with Crippen LogP contribution in [0.3, 0.4) is 0 Å². The number of carbonyl (C=O) groups is 1. The van der Waals surface area contributed by atoms with Crippen LogP contribution in [0.5, 0.6) is 0 Å². The van der Waals surface area contributed by atoms with Crippen molar-refractivity contribution >= 4 is 23.0 Å². The largest absolute Gasteiger partial charge is 0.431 e. The van der Waals surface area contributed by atoms with Crippen molar-refractivity contribution in [2.45, 2.75) is 6.92 Å². The van der Waals surface area contributed by atoms with E-state index in [9.17, 15) is 4.79 Å². The van der Waals surface area contributed by atoms with E-state index in [-0.39, 0.29) is 11.0 Å². The molecule has 0 amide bonds. The van der Waals surface area contributed by atoms with Crippen molar-refractivity contribution in [2.75, 3.05) is 0 Å². The Hall–Kier alpha value is -1.61. The highest BCUT2D eigenvalue weighted by atomic mass is 28.1. The summed E-state index contributed by atoms with van der Waals surface area (Å²) >= 11 is 0. The summed E-state index contributed by atoms with van der Waals surface area (Å²) < 4.78 is 4.79. The van der Waals surface area contributed by atoms with Gasteiger partial charge in [-0.15, -0.1) is 0 Å². The van der Waals surface area contributed by atoms with Gasteiger partial charge < -0.3 is 4.74 Å². The van der Waals surface area contributed by atoms with Gasteiger partial charge >= 0.3 is 5.97 Å². The Kier molecular flexibility index (Phi) is 6.05. The van der Waals surface area contributed by atoms with Crippen molar-refractivity contribution in [3.05, 3.63) is 54.3 Å². The zero-order chi connectivity index (χ0) is 10.4. The fourth-order valence-electron chi connectivity index (χ4n) is 0.839. The molecule has 0 aliphatic carbocycles. The standard InChI is InChI=1S/C12H12O2.H4Si/c1-10(2)12(13)14-9-8-11-6-4-3-5-7-11;/h3-9H,1H2,2H3;1H4. The molecular formula is C12H16O2Si. The molecule has 2 nitrogen and oxygen atoms in total. The Morgan fingerprint density at radius 2 is 1.93 bits per heavy atom. The molecule has 15 heavy (non-hydrogen) atoms. The van der Waals surface area contributed by atoms with Gasteiger partial charge in [0.2, 0.25) is 0 Å². The first kappa shape index (κ1) is 13.4. The third-order valence-electron chi connectivity index (χ3n) is 1.58. The maximum Gasteiger partial charge on any atom is 0.337 e. The summed E-state index contributed by atoms with van der Waals surface area (Å²) in [6.07, 6.45) is 3.09. The van der Waals surface area contributed by atoms with Crippen LogP contribution in [0.4, 0.5) is 0 Å². The summed E-state index contributed by atoms with van der Waals surface area (Å²) in [6, 6.07) is 9.61. The fourth-order valence-corrected chi connectivity index (χ4v) is 0.839. The first-order chi connectivity index (χ1) is 6.70. The topological polar surface area (TPSA) is 26.3 Å². The zero-order valence-electron chi connectivity index (χ0n) is 8.07. The third kappa shape index (κ3) is 4.98. The van der Waals surface area contributed by atoms with Gasteiger partial charge in [0, 0.05) is 5.57 Å². The van der Waals surface area contributed by atoms with Crippen LogP contribution < -0.4 is 0 Å². The number of carbonyl (C=O) groups excluding carboxylic acids is 1. The first-order valence-electron chi connectivity index (χ1n) is 4.28. The highest BCUT2D eigenvalue weighted by Gasteiger charge is 1.98. The average Bonchev–Trinajstić information content (AvgIpc) is 2.19. The van der Waals surface area contributed by atoms with Gasteiger partial charge in [0.25, 0.3) is 0 Å². The molecule has 0 atom stereocenters. The molecule has 80 valence electrons. The van der Waals surface area contributed by atoms with Crippen LogP contribution in [0.15, 0.2) is 48.7 Å². The number of hydrogen-bond donors (Lipinski definition) is 0. The maximum absolute atomic E-state index is 11.0. The van der Waals surface area contributed by atoms with Gasteiger partial charge in [0.15, 0.2) is 0 Å². The Bertz CT molecular complexity index is 355. The molecule has 0 aliphatic rings. The molecule has 0 fully saturated rings. The van der Waals surface area contributed by atoms with E-state index in [0.717, 1.165) is 5.56 Å². The van der Waals surface area contributed by atoms with E-state index in [1.165, 1.54) is 6.26 Å². The summed E-state index contributed by atoms with van der Waals surface area (Å²) in [5.74, 6) is -0.405. The number of ether oxygens (including phenoxy) is 1. The Morgan fingerprint density at radius 3 is 2.47 bits per heavy atom. The number of rotatable bonds is 3. The molecule has 1 aromatic rings. The minimum atomic E-state index is -0.405. The molecule has 0 saturated heterocycles. The van der Waals surface area contributed by atoms with Crippen molar-refractivity contribution in [1.29, 1.82) is 0 Å². The Morgan fingerprint density at radius 1 is 1.33 bits per heavy atom. The summed E-state index contributed by atoms with van der Waals surface area (Å²) in [5, 5.41) is 0. The number of hydrogen-bond acceptors (Lipinski definition) is 2. The SMILES string of the molecule is C=C(C)C(=O)OC=Cc1ccccc1.[SiH4]. The molecule has 1 aromatic carbocycles. The first-order valence-corrected chi connectivity index (χ1v) is 4.28. The molecule has 0 unspecified atom stereocenters. The zero-order valence-corrected chi connectivity index (χ0v) is 8.07. The molecule has 0 heterocycles. The number of benzene rings is 1. The van der Waals surface area contributed by atoms with Crippen LogP contribution in [0, 0.1) is 0 Å². The average molecular weight is 220 g/mol. The van der Waals surface area contributed by atoms with Crippen LogP contribution in [0.2, 0.25) is 0 Å². The summed E-state index contributed by atoms with van der Waals surface area (Å²) in [7, 11) is 0. The van der Waals surface area contributed by atoms with Gasteiger partial charge in [-0.25, -0.2) is 4.79 Å². The Labute approximate surface area is 94.3 Å². The van der Waals surface area contributed by atoms with Crippen molar-refractivity contribution in [3.8, 4) is 0 Å². The quantitative estimate of drug-likeness (QED) is 0.332. The van der Waals surface area contributed by atoms with E-state index < -0.39 is 5.97 Å². The van der Waals surface area contributed by atoms with E-state index in [1.807, 2.05) is 30.3 Å². The van der Waals surface area contributed by atoms with Crippen LogP contribution in [0.1, 0.15) is 12.5 Å². The molecule has 0 spiro atoms. The van der Waals surface area contributed by atoms with E-state index in [1.54, 1.807) is 13.0 Å². The van der Waals surface area contributed by atoms with Crippen LogP contribution >= 0.6 is 0 Å². The van der Waals surface area contributed by atoms with E-state index in [0.29, 0.717) is 5.57 Å². The van der Waals surface area contributed by atoms with E-state index in [2.05, 4.69) is 6.58 Å².